The van der Waals surface area contributed by atoms with Crippen LogP contribution in [0, 0.1) is 5.92 Å². The van der Waals surface area contributed by atoms with Crippen molar-refractivity contribution in [2.45, 2.75) is 51.4 Å². The molecule has 1 aliphatic rings. The number of ketones is 1. The summed E-state index contributed by atoms with van der Waals surface area (Å²) < 4.78 is 7.30. The summed E-state index contributed by atoms with van der Waals surface area (Å²) in [7, 11) is 0. The van der Waals surface area contributed by atoms with E-state index in [9.17, 15) is 19.2 Å². The van der Waals surface area contributed by atoms with Crippen LogP contribution in [0.2, 0.25) is 0 Å². The van der Waals surface area contributed by atoms with Crippen LogP contribution >= 0.6 is 0 Å². The van der Waals surface area contributed by atoms with Crippen LogP contribution in [0.3, 0.4) is 0 Å². The second-order valence-corrected chi connectivity index (χ2v) is 11.1. The number of imidazole rings is 1. The normalized spacial score (nSPS) is 14.7. The van der Waals surface area contributed by atoms with Gasteiger partial charge in [0.25, 0.3) is 5.91 Å². The van der Waals surface area contributed by atoms with Crippen molar-refractivity contribution < 1.29 is 23.9 Å². The molecule has 0 bridgehead atoms. The Hall–Kier alpha value is -4.35. The number of anilines is 1. The number of carbonyl (C=O) groups excluding carboxylic acids is 4. The number of nitrogens with one attached hydrogen (secondary N) is 2. The Balaban J connectivity index is 1.29. The molecule has 0 radical (unpaired) electrons. The average molecular weight is 575 g/mol. The number of Topliss-reactive ketones (excluding diaryl/α,β-unsaturated/α-hetero) is 1. The molecule has 11 nitrogen and oxygen atoms in total. The highest BCUT2D eigenvalue weighted by atomic mass is 16.5. The van der Waals surface area contributed by atoms with Crippen molar-refractivity contribution in [1.29, 1.82) is 0 Å². The number of amides is 3. The Morgan fingerprint density at radius 3 is 2.31 bits per heavy atom. The van der Waals surface area contributed by atoms with Crippen LogP contribution in [-0.2, 0) is 32.3 Å². The smallest absolute Gasteiger partial charge is 0.250 e. The minimum atomic E-state index is -1.19. The largest absolute Gasteiger partial charge is 0.374 e. The molecule has 0 aliphatic carbocycles. The molecule has 0 unspecified atom stereocenters. The highest BCUT2D eigenvalue weighted by Crippen LogP contribution is 2.22. The van der Waals surface area contributed by atoms with Crippen molar-refractivity contribution in [1.82, 2.24) is 19.8 Å². The van der Waals surface area contributed by atoms with Crippen molar-refractivity contribution in [2.75, 3.05) is 25.0 Å². The Kier molecular flexibility index (Phi) is 10.2. The monoisotopic (exact) mass is 574 g/mol. The SMILES string of the molecule is CC(C)(N)C(=O)N[C@H](COCc1ccccc1)C(=O)Nc1cn(CC(=O)N2CCC(C(=O)c3ccccc3)CC2)cn1. The Morgan fingerprint density at radius 1 is 1.02 bits per heavy atom. The first-order chi connectivity index (χ1) is 20.1. The molecule has 1 fully saturated rings. The molecule has 3 amide bonds. The molecule has 11 heteroatoms. The zero-order valence-electron chi connectivity index (χ0n) is 24.0. The number of piperidine rings is 1. The molecule has 0 saturated carbocycles. The number of hydrogen-bond acceptors (Lipinski definition) is 7. The molecule has 1 aromatic heterocycles. The minimum absolute atomic E-state index is 0.0435. The maximum atomic E-state index is 13.1. The molecule has 42 heavy (non-hydrogen) atoms. The first-order valence-electron chi connectivity index (χ1n) is 14.0. The Bertz CT molecular complexity index is 1360. The van der Waals surface area contributed by atoms with Crippen molar-refractivity contribution in [3.05, 3.63) is 84.3 Å². The molecule has 2 aromatic carbocycles. The number of ether oxygens (including phenoxy) is 1. The summed E-state index contributed by atoms with van der Waals surface area (Å²) in [6, 6.07) is 17.7. The molecule has 222 valence electrons. The molecular weight excluding hydrogens is 536 g/mol. The van der Waals surface area contributed by atoms with E-state index in [-0.39, 0.29) is 43.2 Å². The quantitative estimate of drug-likeness (QED) is 0.281. The fourth-order valence-electron chi connectivity index (χ4n) is 4.61. The highest BCUT2D eigenvalue weighted by molar-refractivity contribution is 5.98. The van der Waals surface area contributed by atoms with Gasteiger partial charge in [0, 0.05) is 30.8 Å². The van der Waals surface area contributed by atoms with E-state index in [0.717, 1.165) is 5.56 Å². The first kappa shape index (κ1) is 30.6. The summed E-state index contributed by atoms with van der Waals surface area (Å²) >= 11 is 0. The van der Waals surface area contributed by atoms with Gasteiger partial charge in [-0.05, 0) is 32.3 Å². The molecule has 1 aliphatic heterocycles. The third kappa shape index (κ3) is 8.58. The Labute approximate surface area is 245 Å². The van der Waals surface area contributed by atoms with Crippen LogP contribution in [0.15, 0.2) is 73.2 Å². The van der Waals surface area contributed by atoms with Gasteiger partial charge in [0.15, 0.2) is 11.6 Å². The molecular formula is C31H38N6O5. The number of benzene rings is 2. The van der Waals surface area contributed by atoms with Gasteiger partial charge in [-0.25, -0.2) is 4.98 Å². The lowest BCUT2D eigenvalue weighted by molar-refractivity contribution is -0.133. The van der Waals surface area contributed by atoms with Gasteiger partial charge < -0.3 is 30.6 Å². The summed E-state index contributed by atoms with van der Waals surface area (Å²) in [5.74, 6) is -0.873. The predicted octanol–water partition coefficient (Wildman–Crippen LogP) is 2.38. The van der Waals surface area contributed by atoms with E-state index in [1.807, 2.05) is 60.7 Å². The first-order valence-corrected chi connectivity index (χ1v) is 14.0. The summed E-state index contributed by atoms with van der Waals surface area (Å²) in [4.78, 5) is 57.2. The molecule has 4 rings (SSSR count). The van der Waals surface area contributed by atoms with Crippen molar-refractivity contribution in [3.63, 3.8) is 0 Å². The molecule has 0 spiro atoms. The topological polar surface area (TPSA) is 149 Å². The van der Waals surface area contributed by atoms with Gasteiger partial charge in [-0.2, -0.15) is 0 Å². The fraction of sp³-hybridized carbons (Fsp3) is 0.387. The second-order valence-electron chi connectivity index (χ2n) is 11.1. The fourth-order valence-corrected chi connectivity index (χ4v) is 4.61. The highest BCUT2D eigenvalue weighted by Gasteiger charge is 2.30. The van der Waals surface area contributed by atoms with Crippen LogP contribution in [0.4, 0.5) is 5.82 Å². The average Bonchev–Trinajstić information content (AvgIpc) is 3.43. The summed E-state index contributed by atoms with van der Waals surface area (Å²) in [6.07, 6.45) is 4.24. The molecule has 2 heterocycles. The lowest BCUT2D eigenvalue weighted by Crippen LogP contribution is -2.56. The van der Waals surface area contributed by atoms with Crippen molar-refractivity contribution in [2.24, 2.45) is 11.7 Å². The van der Waals surface area contributed by atoms with Crippen LogP contribution in [-0.4, -0.2) is 69.2 Å². The predicted molar refractivity (Wildman–Crippen MR) is 157 cm³/mol. The van der Waals surface area contributed by atoms with Gasteiger partial charge in [-0.1, -0.05) is 60.7 Å². The third-order valence-electron chi connectivity index (χ3n) is 7.08. The van der Waals surface area contributed by atoms with E-state index in [2.05, 4.69) is 15.6 Å². The summed E-state index contributed by atoms with van der Waals surface area (Å²) in [6.45, 7) is 4.33. The zero-order chi connectivity index (χ0) is 30.1. The van der Waals surface area contributed by atoms with E-state index in [1.165, 1.54) is 6.33 Å². The number of rotatable bonds is 12. The minimum Gasteiger partial charge on any atom is -0.374 e. The Morgan fingerprint density at radius 2 is 1.67 bits per heavy atom. The van der Waals surface area contributed by atoms with Crippen LogP contribution in [0.25, 0.3) is 0 Å². The number of hydrogen-bond donors (Lipinski definition) is 3. The maximum absolute atomic E-state index is 13.1. The van der Waals surface area contributed by atoms with E-state index in [0.29, 0.717) is 31.5 Å². The lowest BCUT2D eigenvalue weighted by Gasteiger charge is -2.31. The van der Waals surface area contributed by atoms with E-state index >= 15 is 0 Å². The molecule has 3 aromatic rings. The standard InChI is InChI=1S/C31H38N6O5/c1-31(2,32)30(41)34-25(20-42-19-22-9-5-3-6-10-22)29(40)35-26-17-36(21-33-26)18-27(38)37-15-13-24(14-16-37)28(39)23-11-7-4-8-12-23/h3-12,17,21,24-25H,13-16,18-20,32H2,1-2H3,(H,34,41)(H,35,40)/t25-/m1/s1. The van der Waals surface area contributed by atoms with Crippen molar-refractivity contribution >= 4 is 29.3 Å². The van der Waals surface area contributed by atoms with Gasteiger partial charge in [0.2, 0.25) is 11.8 Å². The van der Waals surface area contributed by atoms with Crippen LogP contribution in [0.5, 0.6) is 0 Å². The molecule has 4 N–H and O–H groups in total. The van der Waals surface area contributed by atoms with Crippen molar-refractivity contribution in [3.8, 4) is 0 Å². The number of aromatic nitrogens is 2. The number of nitrogens with two attached hydrogens (primary N) is 1. The number of nitrogens with zero attached hydrogens (tertiary/aromatic N) is 3. The van der Waals surface area contributed by atoms with E-state index in [4.69, 9.17) is 10.5 Å². The van der Waals surface area contributed by atoms with Crippen LogP contribution < -0.4 is 16.4 Å². The molecule has 1 atom stereocenters. The maximum Gasteiger partial charge on any atom is 0.250 e. The number of likely N-dealkylation sites (tertiary alicyclic amines) is 1. The lowest BCUT2D eigenvalue weighted by atomic mass is 9.89. The zero-order valence-corrected chi connectivity index (χ0v) is 24.0. The van der Waals surface area contributed by atoms with E-state index < -0.39 is 23.4 Å². The summed E-state index contributed by atoms with van der Waals surface area (Å²) in [5, 5.41) is 5.33. The summed E-state index contributed by atoms with van der Waals surface area (Å²) in [5.41, 5.74) is 6.34. The van der Waals surface area contributed by atoms with Gasteiger partial charge in [0.1, 0.15) is 12.6 Å². The van der Waals surface area contributed by atoms with Crippen LogP contribution in [0.1, 0.15) is 42.6 Å². The van der Waals surface area contributed by atoms with Gasteiger partial charge >= 0.3 is 0 Å². The van der Waals surface area contributed by atoms with Gasteiger partial charge in [0.05, 0.1) is 25.1 Å². The second kappa shape index (κ2) is 14.0. The van der Waals surface area contributed by atoms with Gasteiger partial charge in [-0.15, -0.1) is 0 Å². The van der Waals surface area contributed by atoms with Gasteiger partial charge in [-0.3, -0.25) is 19.2 Å². The molecule has 1 saturated heterocycles. The third-order valence-corrected chi connectivity index (χ3v) is 7.08. The number of carbonyl (C=O) groups is 4. The van der Waals surface area contributed by atoms with E-state index in [1.54, 1.807) is 29.5 Å².